The quantitative estimate of drug-likeness (QED) is 0.152. The normalized spacial score (nSPS) is 11.3. The van der Waals surface area contributed by atoms with E-state index in [0.29, 0.717) is 23.0 Å². The Balaban J connectivity index is 1.12. The Morgan fingerprint density at radius 2 is 0.894 bits per heavy atom. The second-order valence-electron chi connectivity index (χ2n) is 16.5. The number of benzene rings is 10. The summed E-state index contributed by atoms with van der Waals surface area (Å²) in [5, 5.41) is 16.8. The zero-order chi connectivity index (χ0) is 44.0. The molecule has 12 rings (SSSR count). The topological polar surface area (TPSA) is 70.6 Å². The average molecular weight is 843 g/mol. The van der Waals surface area contributed by atoms with Crippen LogP contribution in [-0.2, 0) is 0 Å². The molecule has 66 heavy (non-hydrogen) atoms. The molecule has 0 aliphatic carbocycles. The molecule has 2 heterocycles. The van der Waals surface area contributed by atoms with Gasteiger partial charge in [-0.15, -0.1) is 0 Å². The highest BCUT2D eigenvalue weighted by atomic mass is 15.1. The Morgan fingerprint density at radius 3 is 1.53 bits per heavy atom. The molecule has 12 aromatic rings. The molecule has 0 saturated carbocycles. The molecule has 10 aromatic carbocycles. The zero-order valence-electron chi connectivity index (χ0n) is 35.6. The maximum atomic E-state index is 10.0. The molecule has 0 amide bonds. The van der Waals surface area contributed by atoms with Gasteiger partial charge in [0.25, 0.3) is 0 Å². The summed E-state index contributed by atoms with van der Waals surface area (Å²) in [6.45, 7) is 0. The lowest BCUT2D eigenvalue weighted by atomic mass is 9.99. The first kappa shape index (κ1) is 38.5. The van der Waals surface area contributed by atoms with Crippen LogP contribution in [-0.4, -0.2) is 19.5 Å². The fourth-order valence-electron chi connectivity index (χ4n) is 9.20. The molecular weight excluding hydrogens is 805 g/mol. The van der Waals surface area contributed by atoms with Crippen LogP contribution in [0.2, 0.25) is 0 Å². The van der Waals surface area contributed by atoms with Gasteiger partial charge in [0.2, 0.25) is 0 Å². The van der Waals surface area contributed by atoms with E-state index in [9.17, 15) is 5.26 Å². The van der Waals surface area contributed by atoms with Crippen LogP contribution in [0.4, 0.5) is 17.1 Å². The summed E-state index contributed by atoms with van der Waals surface area (Å²) in [6, 6.07) is 82.3. The van der Waals surface area contributed by atoms with Gasteiger partial charge < -0.3 is 9.47 Å². The molecule has 0 aliphatic heterocycles. The van der Waals surface area contributed by atoms with E-state index in [2.05, 4.69) is 216 Å². The summed E-state index contributed by atoms with van der Waals surface area (Å²) >= 11 is 0. The van der Waals surface area contributed by atoms with Crippen LogP contribution in [0.25, 0.3) is 94.3 Å². The SMILES string of the molecule is N#Cc1cccc(-c2cc(-c3nc(-c4ccc5ccccc5c4)nc(-c4ccc5ccccc5c4)n3)cc(-n3c4ccccc4c4ccc(N(c5ccccc5)c5ccccc5)cc43)c2)c1. The number of hydrogen-bond acceptors (Lipinski definition) is 5. The number of anilines is 3. The third-order valence-corrected chi connectivity index (χ3v) is 12.4. The van der Waals surface area contributed by atoms with Crippen molar-refractivity contribution in [1.82, 2.24) is 19.5 Å². The number of nitriles is 1. The van der Waals surface area contributed by atoms with Crippen molar-refractivity contribution in [2.24, 2.45) is 0 Å². The van der Waals surface area contributed by atoms with E-state index in [-0.39, 0.29) is 0 Å². The Hall–Kier alpha value is -9.18. The van der Waals surface area contributed by atoms with Crippen molar-refractivity contribution < 1.29 is 0 Å². The molecule has 0 bridgehead atoms. The smallest absolute Gasteiger partial charge is 0.164 e. The van der Waals surface area contributed by atoms with Crippen LogP contribution < -0.4 is 4.90 Å². The van der Waals surface area contributed by atoms with Crippen LogP contribution in [0, 0.1) is 11.3 Å². The molecule has 0 fully saturated rings. The van der Waals surface area contributed by atoms with E-state index in [1.165, 1.54) is 0 Å². The lowest BCUT2D eigenvalue weighted by Gasteiger charge is -2.25. The molecule has 0 radical (unpaired) electrons. The van der Waals surface area contributed by atoms with Crippen molar-refractivity contribution in [3.63, 3.8) is 0 Å². The minimum absolute atomic E-state index is 0.539. The fourth-order valence-corrected chi connectivity index (χ4v) is 9.20. The van der Waals surface area contributed by atoms with E-state index >= 15 is 0 Å². The Morgan fingerprint density at radius 1 is 0.348 bits per heavy atom. The molecular formula is C60H38N6. The van der Waals surface area contributed by atoms with Gasteiger partial charge in [-0.1, -0.05) is 146 Å². The molecule has 2 aromatic heterocycles. The Bertz CT molecular complexity index is 3710. The van der Waals surface area contributed by atoms with Crippen LogP contribution in [0.1, 0.15) is 5.56 Å². The minimum atomic E-state index is 0.539. The summed E-state index contributed by atoms with van der Waals surface area (Å²) in [6.07, 6.45) is 0. The van der Waals surface area contributed by atoms with Crippen LogP contribution in [0.3, 0.4) is 0 Å². The van der Waals surface area contributed by atoms with Crippen molar-refractivity contribution in [2.75, 3.05) is 4.90 Å². The molecule has 0 aliphatic rings. The van der Waals surface area contributed by atoms with E-state index < -0.39 is 0 Å². The van der Waals surface area contributed by atoms with Gasteiger partial charge in [-0.2, -0.15) is 5.26 Å². The first-order chi connectivity index (χ1) is 32.6. The van der Waals surface area contributed by atoms with Crippen molar-refractivity contribution in [2.45, 2.75) is 0 Å². The summed E-state index contributed by atoms with van der Waals surface area (Å²) in [5.74, 6) is 1.70. The van der Waals surface area contributed by atoms with Crippen LogP contribution in [0.5, 0.6) is 0 Å². The molecule has 6 nitrogen and oxygen atoms in total. The molecule has 0 N–H and O–H groups in total. The number of rotatable bonds is 8. The van der Waals surface area contributed by atoms with E-state index in [1.54, 1.807) is 0 Å². The molecule has 0 atom stereocenters. The van der Waals surface area contributed by atoms with E-state index in [4.69, 9.17) is 15.0 Å². The van der Waals surface area contributed by atoms with Gasteiger partial charge in [0.05, 0.1) is 22.7 Å². The largest absolute Gasteiger partial charge is 0.310 e. The molecule has 0 saturated heterocycles. The highest BCUT2D eigenvalue weighted by molar-refractivity contribution is 6.10. The third-order valence-electron chi connectivity index (χ3n) is 12.4. The number of nitrogens with zero attached hydrogens (tertiary/aromatic N) is 6. The molecule has 0 spiro atoms. The molecule has 0 unspecified atom stereocenters. The number of aromatic nitrogens is 4. The van der Waals surface area contributed by atoms with Crippen molar-refractivity contribution in [3.8, 4) is 57.0 Å². The van der Waals surface area contributed by atoms with Crippen molar-refractivity contribution in [1.29, 1.82) is 5.26 Å². The Kier molecular flexibility index (Phi) is 9.44. The van der Waals surface area contributed by atoms with E-state index in [1.807, 2.05) is 30.3 Å². The van der Waals surface area contributed by atoms with Gasteiger partial charge in [0, 0.05) is 50.2 Å². The van der Waals surface area contributed by atoms with Gasteiger partial charge >= 0.3 is 0 Å². The zero-order valence-corrected chi connectivity index (χ0v) is 35.6. The second-order valence-corrected chi connectivity index (χ2v) is 16.5. The lowest BCUT2D eigenvalue weighted by molar-refractivity contribution is 1.07. The summed E-state index contributed by atoms with van der Waals surface area (Å²) in [4.78, 5) is 18.1. The van der Waals surface area contributed by atoms with E-state index in [0.717, 1.165) is 93.9 Å². The summed E-state index contributed by atoms with van der Waals surface area (Å²) in [5.41, 5.74) is 11.2. The second kappa shape index (κ2) is 16.2. The summed E-state index contributed by atoms with van der Waals surface area (Å²) in [7, 11) is 0. The fraction of sp³-hybridized carbons (Fsp3) is 0. The predicted octanol–water partition coefficient (Wildman–Crippen LogP) is 15.3. The van der Waals surface area contributed by atoms with Crippen LogP contribution in [0.15, 0.2) is 231 Å². The lowest BCUT2D eigenvalue weighted by Crippen LogP contribution is -2.09. The maximum absolute atomic E-state index is 10.0. The molecule has 308 valence electrons. The first-order valence-corrected chi connectivity index (χ1v) is 22.0. The summed E-state index contributed by atoms with van der Waals surface area (Å²) < 4.78 is 2.35. The standard InChI is InChI=1S/C60H38N6/c61-39-40-14-13-19-43(32-40)48-35-49(60-63-58(46-28-26-41-15-7-9-17-44(41)33-46)62-59(64-60)47-29-27-42-16-8-10-18-45(42)34-47)37-53(36-48)66-56-25-12-11-24-54(56)55-31-30-52(38-57(55)66)65(50-20-3-1-4-21-50)51-22-5-2-6-23-51/h1-38H. The van der Waals surface area contributed by atoms with Gasteiger partial charge in [0.15, 0.2) is 17.5 Å². The highest BCUT2D eigenvalue weighted by Gasteiger charge is 2.20. The van der Waals surface area contributed by atoms with Gasteiger partial charge in [-0.25, -0.2) is 15.0 Å². The minimum Gasteiger partial charge on any atom is -0.310 e. The third kappa shape index (κ3) is 6.98. The van der Waals surface area contributed by atoms with Gasteiger partial charge in [-0.05, 0) is 118 Å². The predicted molar refractivity (Wildman–Crippen MR) is 270 cm³/mol. The Labute approximate surface area is 381 Å². The van der Waals surface area contributed by atoms with Crippen LogP contribution >= 0.6 is 0 Å². The first-order valence-electron chi connectivity index (χ1n) is 22.0. The monoisotopic (exact) mass is 842 g/mol. The van der Waals surface area contributed by atoms with Gasteiger partial charge in [0.1, 0.15) is 0 Å². The number of para-hydroxylation sites is 3. The van der Waals surface area contributed by atoms with Crippen molar-refractivity contribution >= 4 is 60.4 Å². The number of fused-ring (bicyclic) bond motifs is 5. The van der Waals surface area contributed by atoms with Crippen molar-refractivity contribution in [3.05, 3.63) is 236 Å². The highest BCUT2D eigenvalue weighted by Crippen LogP contribution is 2.41. The maximum Gasteiger partial charge on any atom is 0.164 e. The number of hydrogen-bond donors (Lipinski definition) is 0. The average Bonchev–Trinajstić information content (AvgIpc) is 3.72. The molecule has 6 heteroatoms. The van der Waals surface area contributed by atoms with Gasteiger partial charge in [-0.3, -0.25) is 0 Å².